The lowest BCUT2D eigenvalue weighted by Crippen LogP contribution is -2.16. The van der Waals surface area contributed by atoms with Gasteiger partial charge in [0.2, 0.25) is 0 Å². The molecule has 2 heterocycles. The van der Waals surface area contributed by atoms with Crippen molar-refractivity contribution in [3.8, 4) is 11.1 Å². The Morgan fingerprint density at radius 1 is 1.04 bits per heavy atom. The van der Waals surface area contributed by atoms with Gasteiger partial charge in [-0.1, -0.05) is 35.3 Å². The first-order chi connectivity index (χ1) is 13.4. The summed E-state index contributed by atoms with van der Waals surface area (Å²) in [7, 11) is 0. The fourth-order valence-electron chi connectivity index (χ4n) is 3.04. The molecule has 1 atom stereocenters. The van der Waals surface area contributed by atoms with Gasteiger partial charge in [0, 0.05) is 28.5 Å². The minimum atomic E-state index is -0.621. The second-order valence-corrected chi connectivity index (χ2v) is 7.07. The zero-order chi connectivity index (χ0) is 19.8. The number of rotatable bonds is 4. The van der Waals surface area contributed by atoms with E-state index in [2.05, 4.69) is 4.98 Å². The molecule has 0 saturated carbocycles. The van der Waals surface area contributed by atoms with Crippen LogP contribution in [0.3, 0.4) is 0 Å². The smallest absolute Gasteiger partial charge is 0.150 e. The van der Waals surface area contributed by atoms with Crippen LogP contribution >= 0.6 is 23.2 Å². The molecule has 0 amide bonds. The molecule has 142 valence electrons. The molecule has 4 aromatic rings. The Hall–Kier alpha value is -2.63. The van der Waals surface area contributed by atoms with E-state index in [9.17, 15) is 8.78 Å². The number of benzene rings is 2. The number of fused-ring (bicyclic) bond motifs is 1. The predicted octanol–water partition coefficient (Wildman–Crippen LogP) is 6.48. The van der Waals surface area contributed by atoms with Crippen molar-refractivity contribution >= 4 is 34.2 Å². The molecule has 0 N–H and O–H groups in total. The maximum atomic E-state index is 13.8. The third-order valence-electron chi connectivity index (χ3n) is 4.42. The normalized spacial score (nSPS) is 12.3. The van der Waals surface area contributed by atoms with Crippen molar-refractivity contribution < 1.29 is 13.6 Å². The van der Waals surface area contributed by atoms with Crippen LogP contribution in [0.25, 0.3) is 22.2 Å². The highest BCUT2D eigenvalue weighted by Gasteiger charge is 2.20. The molecule has 4 rings (SSSR count). The highest BCUT2D eigenvalue weighted by molar-refractivity contribution is 6.36. The van der Waals surface area contributed by atoms with Crippen molar-refractivity contribution in [2.75, 3.05) is 0 Å². The summed E-state index contributed by atoms with van der Waals surface area (Å²) in [6.07, 6.45) is 2.75. The Bertz CT molecular complexity index is 1180. The summed E-state index contributed by atoms with van der Waals surface area (Å²) in [5.41, 5.74) is 3.18. The molecule has 0 fully saturated rings. The molecule has 2 aromatic heterocycles. The van der Waals surface area contributed by atoms with E-state index in [1.54, 1.807) is 37.5 Å². The zero-order valence-corrected chi connectivity index (χ0v) is 16.2. The standard InChI is InChI=1S/C21H14Cl2F2N2O/c1-12(20-16(22)5-6-17(25)21(20)23)28-27-8-7-18-19(27)10-14(11-26-18)13-3-2-4-15(24)9-13/h2-12H,1H3. The van der Waals surface area contributed by atoms with Crippen molar-refractivity contribution in [1.29, 1.82) is 0 Å². The number of aromatic nitrogens is 2. The second-order valence-electron chi connectivity index (χ2n) is 6.28. The van der Waals surface area contributed by atoms with Crippen molar-refractivity contribution in [3.05, 3.63) is 88.2 Å². The minimum Gasteiger partial charge on any atom is -0.406 e. The van der Waals surface area contributed by atoms with Gasteiger partial charge < -0.3 is 4.84 Å². The number of hydrogen-bond acceptors (Lipinski definition) is 2. The van der Waals surface area contributed by atoms with Crippen molar-refractivity contribution in [3.63, 3.8) is 0 Å². The summed E-state index contributed by atoms with van der Waals surface area (Å²) in [4.78, 5) is 10.4. The number of hydrogen-bond donors (Lipinski definition) is 0. The van der Waals surface area contributed by atoms with Gasteiger partial charge in [-0.25, -0.2) is 8.78 Å². The molecule has 0 radical (unpaired) electrons. The van der Waals surface area contributed by atoms with E-state index in [-0.39, 0.29) is 10.8 Å². The van der Waals surface area contributed by atoms with E-state index in [0.29, 0.717) is 27.2 Å². The third kappa shape index (κ3) is 3.43. The van der Waals surface area contributed by atoms with E-state index >= 15 is 0 Å². The Morgan fingerprint density at radius 3 is 2.64 bits per heavy atom. The van der Waals surface area contributed by atoms with Crippen LogP contribution in [0.1, 0.15) is 18.6 Å². The van der Waals surface area contributed by atoms with Crippen LogP contribution in [0.15, 0.2) is 60.9 Å². The minimum absolute atomic E-state index is 0.0740. The highest BCUT2D eigenvalue weighted by Crippen LogP contribution is 2.33. The summed E-state index contributed by atoms with van der Waals surface area (Å²) in [6, 6.07) is 12.5. The van der Waals surface area contributed by atoms with Gasteiger partial charge in [-0.05, 0) is 48.9 Å². The zero-order valence-electron chi connectivity index (χ0n) is 14.7. The van der Waals surface area contributed by atoms with Crippen LogP contribution in [0, 0.1) is 11.6 Å². The van der Waals surface area contributed by atoms with E-state index in [4.69, 9.17) is 28.0 Å². The number of nitrogens with zero attached hydrogens (tertiary/aromatic N) is 2. The lowest BCUT2D eigenvalue weighted by Gasteiger charge is -2.19. The lowest BCUT2D eigenvalue weighted by molar-refractivity contribution is 0.0562. The van der Waals surface area contributed by atoms with Crippen LogP contribution in [-0.2, 0) is 0 Å². The maximum absolute atomic E-state index is 13.8. The van der Waals surface area contributed by atoms with Gasteiger partial charge >= 0.3 is 0 Å². The lowest BCUT2D eigenvalue weighted by atomic mass is 10.1. The summed E-state index contributed by atoms with van der Waals surface area (Å²) >= 11 is 12.3. The van der Waals surface area contributed by atoms with Gasteiger partial charge in [0.1, 0.15) is 17.2 Å². The largest absolute Gasteiger partial charge is 0.406 e. The highest BCUT2D eigenvalue weighted by atomic mass is 35.5. The third-order valence-corrected chi connectivity index (χ3v) is 5.13. The van der Waals surface area contributed by atoms with Crippen molar-refractivity contribution in [1.82, 2.24) is 9.71 Å². The van der Waals surface area contributed by atoms with Gasteiger partial charge in [0.25, 0.3) is 0 Å². The SMILES string of the molecule is CC(On1ccc2ncc(-c3cccc(F)c3)cc21)c1c(Cl)ccc(F)c1Cl. The Labute approximate surface area is 170 Å². The number of halogens is 4. The van der Waals surface area contributed by atoms with Gasteiger partial charge in [-0.2, -0.15) is 4.73 Å². The molecule has 0 saturated heterocycles. The fraction of sp³-hybridized carbons (Fsp3) is 0.0952. The Morgan fingerprint density at radius 2 is 1.86 bits per heavy atom. The Balaban J connectivity index is 1.72. The first kappa shape index (κ1) is 18.7. The monoisotopic (exact) mass is 418 g/mol. The number of pyridine rings is 1. The van der Waals surface area contributed by atoms with Gasteiger partial charge in [-0.15, -0.1) is 0 Å². The molecule has 28 heavy (non-hydrogen) atoms. The topological polar surface area (TPSA) is 27.1 Å². The van der Waals surface area contributed by atoms with Crippen LogP contribution in [0.2, 0.25) is 10.0 Å². The van der Waals surface area contributed by atoms with Crippen LogP contribution in [0.4, 0.5) is 8.78 Å². The molecule has 7 heteroatoms. The molecule has 0 aliphatic heterocycles. The molecule has 2 aromatic carbocycles. The predicted molar refractivity (Wildman–Crippen MR) is 107 cm³/mol. The van der Waals surface area contributed by atoms with E-state index in [0.717, 1.165) is 5.56 Å². The average Bonchev–Trinajstić information content (AvgIpc) is 3.07. The molecule has 0 bridgehead atoms. The average molecular weight is 419 g/mol. The fourth-order valence-corrected chi connectivity index (χ4v) is 3.72. The van der Waals surface area contributed by atoms with Gasteiger partial charge in [0.15, 0.2) is 6.10 Å². The van der Waals surface area contributed by atoms with E-state index in [1.807, 2.05) is 6.07 Å². The van der Waals surface area contributed by atoms with E-state index in [1.165, 1.54) is 29.0 Å². The summed E-state index contributed by atoms with van der Waals surface area (Å²) in [5, 5.41) is 0.240. The second kappa shape index (κ2) is 7.41. The first-order valence-electron chi connectivity index (χ1n) is 8.47. The molecule has 3 nitrogen and oxygen atoms in total. The van der Waals surface area contributed by atoms with Gasteiger partial charge in [-0.3, -0.25) is 4.98 Å². The first-order valence-corrected chi connectivity index (χ1v) is 9.23. The summed E-state index contributed by atoms with van der Waals surface area (Å²) in [5.74, 6) is -0.892. The van der Waals surface area contributed by atoms with Crippen LogP contribution < -0.4 is 4.84 Å². The molecule has 0 aliphatic carbocycles. The van der Waals surface area contributed by atoms with Crippen molar-refractivity contribution in [2.24, 2.45) is 0 Å². The molecule has 0 spiro atoms. The molecular weight excluding hydrogens is 405 g/mol. The van der Waals surface area contributed by atoms with E-state index < -0.39 is 11.9 Å². The van der Waals surface area contributed by atoms with Crippen LogP contribution in [-0.4, -0.2) is 9.71 Å². The molecular formula is C21H14Cl2F2N2O. The maximum Gasteiger partial charge on any atom is 0.150 e. The summed E-state index contributed by atoms with van der Waals surface area (Å²) in [6.45, 7) is 1.72. The molecule has 1 unspecified atom stereocenters. The Kier molecular flexibility index (Phi) is 4.96. The van der Waals surface area contributed by atoms with Crippen molar-refractivity contribution in [2.45, 2.75) is 13.0 Å². The van der Waals surface area contributed by atoms with Gasteiger partial charge in [0.05, 0.1) is 10.5 Å². The van der Waals surface area contributed by atoms with Crippen LogP contribution in [0.5, 0.6) is 0 Å². The molecule has 0 aliphatic rings. The summed E-state index contributed by atoms with van der Waals surface area (Å²) < 4.78 is 28.9. The quantitative estimate of drug-likeness (QED) is 0.354.